The van der Waals surface area contributed by atoms with Crippen molar-refractivity contribution in [3.8, 4) is 17.3 Å². The number of anilines is 1. The van der Waals surface area contributed by atoms with Gasteiger partial charge in [-0.05, 0) is 36.0 Å². The maximum atomic E-state index is 11.9. The summed E-state index contributed by atoms with van der Waals surface area (Å²) in [5.41, 5.74) is 9.92. The average molecular weight is 487 g/mol. The van der Waals surface area contributed by atoms with E-state index in [0.29, 0.717) is 11.3 Å². The van der Waals surface area contributed by atoms with Gasteiger partial charge in [0.25, 0.3) is 0 Å². The van der Waals surface area contributed by atoms with Gasteiger partial charge in [-0.3, -0.25) is 14.9 Å². The summed E-state index contributed by atoms with van der Waals surface area (Å²) in [7, 11) is 3.34. The molecule has 2 aromatic heterocycles. The van der Waals surface area contributed by atoms with Crippen molar-refractivity contribution in [1.82, 2.24) is 24.6 Å². The molecule has 11 heteroatoms. The normalized spacial score (nSPS) is 16.9. The summed E-state index contributed by atoms with van der Waals surface area (Å²) >= 11 is 0. The quantitative estimate of drug-likeness (QED) is 0.292. The van der Waals surface area contributed by atoms with E-state index in [1.165, 1.54) is 21.3 Å². The largest absolute Gasteiger partial charge is 0.578 e. The number of aliphatic imine (C=N–C) groups is 1. The first-order valence-corrected chi connectivity index (χ1v) is 11.5. The number of hydrogen-bond donors (Lipinski definition) is 2. The van der Waals surface area contributed by atoms with E-state index in [0.717, 1.165) is 24.0 Å². The van der Waals surface area contributed by atoms with Gasteiger partial charge in [-0.25, -0.2) is 9.97 Å². The second kappa shape index (κ2) is 9.95. The van der Waals surface area contributed by atoms with Crippen LogP contribution in [0.1, 0.15) is 41.6 Å². The Bertz CT molecular complexity index is 1400. The third kappa shape index (κ3) is 5.07. The predicted molar refractivity (Wildman–Crippen MR) is 136 cm³/mol. The van der Waals surface area contributed by atoms with E-state index in [4.69, 9.17) is 16.2 Å². The number of nitriles is 1. The van der Waals surface area contributed by atoms with Crippen molar-refractivity contribution in [1.29, 1.82) is 10.7 Å². The minimum Gasteiger partial charge on any atom is -0.578 e. The van der Waals surface area contributed by atoms with Crippen LogP contribution >= 0.6 is 0 Å². The molecule has 5 N–H and O–H groups in total. The first-order valence-electron chi connectivity index (χ1n) is 11.5. The van der Waals surface area contributed by atoms with Gasteiger partial charge >= 0.3 is 5.90 Å². The number of nitrogens with two attached hydrogens (primary N) is 1. The molecule has 0 radical (unpaired) electrons. The summed E-state index contributed by atoms with van der Waals surface area (Å²) in [6.07, 6.45) is 6.22. The van der Waals surface area contributed by atoms with Gasteiger partial charge in [0, 0.05) is 31.8 Å². The van der Waals surface area contributed by atoms with E-state index in [-0.39, 0.29) is 47.5 Å². The molecule has 1 amide bonds. The lowest BCUT2D eigenvalue weighted by molar-refractivity contribution is -0.129. The lowest BCUT2D eigenvalue weighted by Gasteiger charge is -2.11. The minimum absolute atomic E-state index is 0.0557. The highest BCUT2D eigenvalue weighted by Gasteiger charge is 2.43. The fourth-order valence-electron chi connectivity index (χ4n) is 4.00. The monoisotopic (exact) mass is 486 g/mol. The summed E-state index contributed by atoms with van der Waals surface area (Å²) in [4.78, 5) is 26.0. The number of nitrogens with one attached hydrogen (secondary N) is 1. The van der Waals surface area contributed by atoms with Gasteiger partial charge in [-0.15, -0.1) is 4.99 Å². The summed E-state index contributed by atoms with van der Waals surface area (Å²) < 4.78 is 1.46. The third-order valence-corrected chi connectivity index (χ3v) is 6.21. The van der Waals surface area contributed by atoms with Gasteiger partial charge in [0.15, 0.2) is 11.5 Å². The molecule has 184 valence electrons. The Balaban J connectivity index is 1.51. The molecule has 2 unspecified atom stereocenters. The maximum absolute atomic E-state index is 11.9. The number of amides is 1. The van der Waals surface area contributed by atoms with E-state index >= 15 is 0 Å². The van der Waals surface area contributed by atoms with Crippen molar-refractivity contribution < 1.29 is 9.90 Å². The maximum Gasteiger partial charge on any atom is 0.369 e. The fraction of sp³-hybridized carbons (Fsp3) is 0.320. The van der Waals surface area contributed by atoms with E-state index in [9.17, 15) is 10.1 Å². The number of nitrogens with zero attached hydrogens (tertiary/aromatic N) is 7. The molecule has 1 aliphatic carbocycles. The summed E-state index contributed by atoms with van der Waals surface area (Å²) in [5.74, 6) is 0.101. The van der Waals surface area contributed by atoms with Crippen molar-refractivity contribution >= 4 is 23.5 Å². The van der Waals surface area contributed by atoms with Crippen molar-refractivity contribution in [2.24, 2.45) is 10.9 Å². The lowest BCUT2D eigenvalue weighted by atomic mass is 9.96. The molecule has 36 heavy (non-hydrogen) atoms. The average Bonchev–Trinajstić information content (AvgIpc) is 3.54. The summed E-state index contributed by atoms with van der Waals surface area (Å²) in [6, 6.07) is 7.99. The molecule has 1 saturated carbocycles. The van der Waals surface area contributed by atoms with Crippen LogP contribution in [0, 0.1) is 22.7 Å². The zero-order valence-electron chi connectivity index (χ0n) is 20.4. The van der Waals surface area contributed by atoms with Crippen molar-refractivity contribution in [3.05, 3.63) is 59.2 Å². The van der Waals surface area contributed by atoms with Crippen LogP contribution in [0.15, 0.2) is 41.8 Å². The van der Waals surface area contributed by atoms with Crippen LogP contribution in [-0.4, -0.2) is 61.5 Å². The highest BCUT2D eigenvalue weighted by Crippen LogP contribution is 2.50. The van der Waals surface area contributed by atoms with Crippen LogP contribution in [0.5, 0.6) is 0 Å². The molecule has 11 nitrogen and oxygen atoms in total. The number of aromatic nitrogens is 4. The topological polar surface area (TPSA) is 173 Å². The summed E-state index contributed by atoms with van der Waals surface area (Å²) in [6.45, 7) is 2.16. The van der Waals surface area contributed by atoms with Crippen LogP contribution in [-0.2, 0) is 17.8 Å². The van der Waals surface area contributed by atoms with Gasteiger partial charge in [-0.2, -0.15) is 10.4 Å². The molecule has 0 saturated heterocycles. The molecule has 2 heterocycles. The molecule has 3 aromatic rings. The number of carbonyl (C=O) groups excluding carboxylic acids is 1. The fourth-order valence-corrected chi connectivity index (χ4v) is 4.00. The zero-order valence-corrected chi connectivity index (χ0v) is 20.4. The number of nitrogen functional groups attached to an aromatic ring is 1. The SMILES string of the molecule is CCc1ccc(-c2cnc(N)c(C#N)n2)cc1C1CC1C(=N)N=C([OH2+])c1cnn(CC(=O)N(C)C)c1. The van der Waals surface area contributed by atoms with Crippen LogP contribution in [0.25, 0.3) is 11.3 Å². The standard InChI is InChI=1S/C25H27N9O2/c1-4-14-5-6-15(21-11-29-24(28)20(9-26)31-21)7-17(14)18-8-19(18)23(27)32-25(36)16-10-30-34(12-16)13-22(35)33(2)3/h5-7,10-12,18-19H,4,8,13H2,1-3H3,(H2,28,29)(H2,27,32,36)/p+1. The molecule has 1 aromatic carbocycles. The smallest absolute Gasteiger partial charge is 0.369 e. The van der Waals surface area contributed by atoms with Crippen molar-refractivity contribution in [3.63, 3.8) is 0 Å². The molecule has 0 bridgehead atoms. The van der Waals surface area contributed by atoms with Crippen LogP contribution in [0.3, 0.4) is 0 Å². The molecule has 0 spiro atoms. The van der Waals surface area contributed by atoms with Crippen molar-refractivity contribution in [2.75, 3.05) is 19.8 Å². The van der Waals surface area contributed by atoms with Gasteiger partial charge in [0.1, 0.15) is 24.0 Å². The molecule has 2 atom stereocenters. The van der Waals surface area contributed by atoms with Crippen LogP contribution in [0.4, 0.5) is 5.82 Å². The van der Waals surface area contributed by atoms with E-state index in [1.807, 2.05) is 24.3 Å². The van der Waals surface area contributed by atoms with Gasteiger partial charge in [0.2, 0.25) is 5.91 Å². The van der Waals surface area contributed by atoms with E-state index < -0.39 is 0 Å². The van der Waals surface area contributed by atoms with Crippen molar-refractivity contribution in [2.45, 2.75) is 32.2 Å². The molecular formula is C25H28N9O2+. The third-order valence-electron chi connectivity index (χ3n) is 6.21. The van der Waals surface area contributed by atoms with Gasteiger partial charge in [-0.1, -0.05) is 19.1 Å². The molecule has 1 aliphatic rings. The highest BCUT2D eigenvalue weighted by molar-refractivity contribution is 6.02. The molecular weight excluding hydrogens is 458 g/mol. The highest BCUT2D eigenvalue weighted by atomic mass is 16.3. The number of amidine groups is 1. The lowest BCUT2D eigenvalue weighted by Crippen LogP contribution is -2.26. The number of rotatable bonds is 7. The second-order valence-corrected chi connectivity index (χ2v) is 8.88. The number of hydrogen-bond acceptors (Lipinski definition) is 7. The van der Waals surface area contributed by atoms with Gasteiger partial charge in [0.05, 0.1) is 18.1 Å². The Labute approximate surface area is 208 Å². The first kappa shape index (κ1) is 24.5. The Morgan fingerprint density at radius 2 is 2.17 bits per heavy atom. The number of benzene rings is 1. The Hall–Kier alpha value is -4.59. The molecule has 1 fully saturated rings. The minimum atomic E-state index is -0.107. The first-order chi connectivity index (χ1) is 17.2. The second-order valence-electron chi connectivity index (χ2n) is 8.88. The Morgan fingerprint density at radius 1 is 1.39 bits per heavy atom. The van der Waals surface area contributed by atoms with Crippen LogP contribution in [0.2, 0.25) is 0 Å². The Kier molecular flexibility index (Phi) is 6.78. The van der Waals surface area contributed by atoms with E-state index in [2.05, 4.69) is 27.0 Å². The number of carbonyl (C=O) groups is 1. The zero-order chi connectivity index (χ0) is 26.0. The van der Waals surface area contributed by atoms with Gasteiger partial charge < -0.3 is 15.7 Å². The van der Waals surface area contributed by atoms with E-state index in [1.54, 1.807) is 26.5 Å². The predicted octanol–water partition coefficient (Wildman–Crippen LogP) is 1.70. The molecule has 4 rings (SSSR count). The number of aryl methyl sites for hydroxylation is 1. The Morgan fingerprint density at radius 3 is 2.86 bits per heavy atom. The number of likely N-dealkylation sites (N-methyl/N-ethyl adjacent to an activating group) is 1. The summed E-state index contributed by atoms with van der Waals surface area (Å²) in [5, 5.41) is 30.2. The van der Waals surface area contributed by atoms with Crippen LogP contribution < -0.4 is 5.73 Å². The molecule has 0 aliphatic heterocycles.